The number of hydrogen-bond donors (Lipinski definition) is 0. The number of nitrogens with zero attached hydrogens (tertiary/aromatic N) is 4. The van der Waals surface area contributed by atoms with Crippen LogP contribution in [0.1, 0.15) is 16.3 Å². The van der Waals surface area contributed by atoms with E-state index in [0.717, 1.165) is 58.7 Å². The Bertz CT molecular complexity index is 1090. The molecule has 0 N–H and O–H groups in total. The second kappa shape index (κ2) is 7.50. The molecule has 1 aliphatic heterocycles. The summed E-state index contributed by atoms with van der Waals surface area (Å²) in [4.78, 5) is 17.6. The summed E-state index contributed by atoms with van der Waals surface area (Å²) >= 11 is 3.31. The molecular weight excluding hydrogens is 391 g/mol. The quantitative estimate of drug-likeness (QED) is 0.475. The van der Waals surface area contributed by atoms with Crippen molar-refractivity contribution in [1.82, 2.24) is 19.9 Å². The van der Waals surface area contributed by atoms with Crippen LogP contribution in [-0.2, 0) is 19.5 Å². The van der Waals surface area contributed by atoms with Gasteiger partial charge in [0, 0.05) is 42.2 Å². The Balaban J connectivity index is 1.29. The van der Waals surface area contributed by atoms with Gasteiger partial charge in [-0.05, 0) is 35.7 Å². The van der Waals surface area contributed by atoms with Crippen LogP contribution in [-0.4, -0.2) is 26.4 Å². The molecule has 4 nitrogen and oxygen atoms in total. The van der Waals surface area contributed by atoms with Crippen LogP contribution < -0.4 is 0 Å². The Hall–Kier alpha value is -2.48. The summed E-state index contributed by atoms with van der Waals surface area (Å²) in [5.41, 5.74) is 4.20. The third-order valence-corrected chi connectivity index (χ3v) is 6.50. The number of benzene rings is 1. The molecule has 0 atom stereocenters. The van der Waals surface area contributed by atoms with Crippen LogP contribution >= 0.6 is 22.7 Å². The lowest BCUT2D eigenvalue weighted by Crippen LogP contribution is -2.30. The lowest BCUT2D eigenvalue weighted by Gasteiger charge is -2.27. The fourth-order valence-corrected chi connectivity index (χ4v) is 4.87. The maximum atomic E-state index is 13.1. The van der Waals surface area contributed by atoms with Gasteiger partial charge >= 0.3 is 0 Å². The van der Waals surface area contributed by atoms with Gasteiger partial charge in [-0.1, -0.05) is 6.07 Å². The van der Waals surface area contributed by atoms with Crippen molar-refractivity contribution < 1.29 is 4.39 Å². The van der Waals surface area contributed by atoms with E-state index in [4.69, 9.17) is 9.97 Å². The summed E-state index contributed by atoms with van der Waals surface area (Å²) in [6, 6.07) is 10.6. The summed E-state index contributed by atoms with van der Waals surface area (Å²) < 4.78 is 13.1. The average molecular weight is 409 g/mol. The molecule has 3 aromatic heterocycles. The molecule has 1 aliphatic rings. The minimum Gasteiger partial charge on any atom is -0.292 e. The minimum atomic E-state index is -0.226. The summed E-state index contributed by atoms with van der Waals surface area (Å²) in [6.45, 7) is 2.60. The van der Waals surface area contributed by atoms with Crippen molar-refractivity contribution in [3.8, 4) is 22.0 Å². The second-order valence-corrected chi connectivity index (χ2v) is 8.63. The van der Waals surface area contributed by atoms with E-state index in [1.54, 1.807) is 34.8 Å². The maximum Gasteiger partial charge on any atom is 0.169 e. The lowest BCUT2D eigenvalue weighted by molar-refractivity contribution is 0.242. The molecule has 28 heavy (non-hydrogen) atoms. The molecule has 0 aliphatic carbocycles. The third kappa shape index (κ3) is 3.61. The Morgan fingerprint density at radius 3 is 2.79 bits per heavy atom. The molecule has 0 bridgehead atoms. The van der Waals surface area contributed by atoms with E-state index in [1.807, 2.05) is 23.0 Å². The summed E-state index contributed by atoms with van der Waals surface area (Å²) in [5.74, 6) is 0.599. The van der Waals surface area contributed by atoms with Gasteiger partial charge in [0.25, 0.3) is 0 Å². The third-order valence-electron chi connectivity index (χ3n) is 4.81. The molecule has 4 aromatic rings. The Kier molecular flexibility index (Phi) is 4.72. The van der Waals surface area contributed by atoms with Crippen molar-refractivity contribution in [2.75, 3.05) is 6.54 Å². The summed E-state index contributed by atoms with van der Waals surface area (Å²) in [7, 11) is 0. The van der Waals surface area contributed by atoms with Gasteiger partial charge in [0.15, 0.2) is 5.82 Å². The van der Waals surface area contributed by atoms with Crippen molar-refractivity contribution in [3.05, 3.63) is 75.4 Å². The molecule has 4 heterocycles. The van der Waals surface area contributed by atoms with Crippen LogP contribution in [0.3, 0.4) is 0 Å². The summed E-state index contributed by atoms with van der Waals surface area (Å²) in [6.07, 6.45) is 2.89. The SMILES string of the molecule is Fc1ccc(-c2csc(CN3CCc4nc(-c5cccs5)ncc4C3)n2)cc1. The van der Waals surface area contributed by atoms with E-state index in [1.165, 1.54) is 17.7 Å². The Labute approximate surface area is 170 Å². The molecule has 0 saturated carbocycles. The molecule has 0 radical (unpaired) electrons. The number of thiazole rings is 1. The standard InChI is InChI=1S/C21H17FN4S2/c22-16-5-3-14(4-6-16)18-13-28-20(24-18)12-26-8-7-17-15(11-26)10-23-21(25-17)19-2-1-9-27-19/h1-6,9-10,13H,7-8,11-12H2. The van der Waals surface area contributed by atoms with Crippen molar-refractivity contribution in [1.29, 1.82) is 0 Å². The van der Waals surface area contributed by atoms with Crippen LogP contribution in [0.4, 0.5) is 4.39 Å². The highest BCUT2D eigenvalue weighted by molar-refractivity contribution is 7.13. The molecule has 7 heteroatoms. The first kappa shape index (κ1) is 17.6. The van der Waals surface area contributed by atoms with Gasteiger partial charge in [-0.3, -0.25) is 4.90 Å². The molecule has 0 saturated heterocycles. The molecule has 0 amide bonds. The largest absolute Gasteiger partial charge is 0.292 e. The second-order valence-electron chi connectivity index (χ2n) is 6.74. The molecule has 140 valence electrons. The van der Waals surface area contributed by atoms with E-state index in [0.29, 0.717) is 0 Å². The fraction of sp³-hybridized carbons (Fsp3) is 0.190. The zero-order valence-corrected chi connectivity index (χ0v) is 16.6. The topological polar surface area (TPSA) is 41.9 Å². The number of thiophene rings is 1. The Morgan fingerprint density at radius 1 is 1.07 bits per heavy atom. The predicted octanol–water partition coefficient (Wildman–Crippen LogP) is 5.03. The molecule has 1 aromatic carbocycles. The number of aromatic nitrogens is 3. The zero-order valence-electron chi connectivity index (χ0n) is 15.0. The predicted molar refractivity (Wildman–Crippen MR) is 111 cm³/mol. The van der Waals surface area contributed by atoms with Crippen LogP contribution in [0.25, 0.3) is 22.0 Å². The van der Waals surface area contributed by atoms with Crippen LogP contribution in [0.5, 0.6) is 0 Å². The van der Waals surface area contributed by atoms with Crippen LogP contribution in [0, 0.1) is 5.82 Å². The molecule has 0 fully saturated rings. The maximum absolute atomic E-state index is 13.1. The first-order chi connectivity index (χ1) is 13.7. The number of fused-ring (bicyclic) bond motifs is 1. The van der Waals surface area contributed by atoms with Gasteiger partial charge in [0.1, 0.15) is 10.8 Å². The normalized spacial score (nSPS) is 14.2. The van der Waals surface area contributed by atoms with Gasteiger partial charge in [0.05, 0.1) is 22.8 Å². The van der Waals surface area contributed by atoms with Gasteiger partial charge in [-0.25, -0.2) is 19.3 Å². The monoisotopic (exact) mass is 408 g/mol. The summed E-state index contributed by atoms with van der Waals surface area (Å²) in [5, 5.41) is 5.16. The minimum absolute atomic E-state index is 0.226. The van der Waals surface area contributed by atoms with E-state index >= 15 is 0 Å². The molecule has 0 unspecified atom stereocenters. The number of hydrogen-bond acceptors (Lipinski definition) is 6. The van der Waals surface area contributed by atoms with Crippen molar-refractivity contribution in [2.45, 2.75) is 19.5 Å². The van der Waals surface area contributed by atoms with Crippen LogP contribution in [0.15, 0.2) is 53.4 Å². The van der Waals surface area contributed by atoms with E-state index in [2.05, 4.69) is 16.0 Å². The Morgan fingerprint density at radius 2 is 1.96 bits per heavy atom. The lowest BCUT2D eigenvalue weighted by atomic mass is 10.1. The van der Waals surface area contributed by atoms with Gasteiger partial charge in [-0.2, -0.15) is 0 Å². The van der Waals surface area contributed by atoms with Gasteiger partial charge in [0.2, 0.25) is 0 Å². The van der Waals surface area contributed by atoms with E-state index in [-0.39, 0.29) is 5.82 Å². The molecule has 0 spiro atoms. The highest BCUT2D eigenvalue weighted by atomic mass is 32.1. The van der Waals surface area contributed by atoms with E-state index < -0.39 is 0 Å². The van der Waals surface area contributed by atoms with Crippen molar-refractivity contribution >= 4 is 22.7 Å². The van der Waals surface area contributed by atoms with Crippen molar-refractivity contribution in [2.24, 2.45) is 0 Å². The highest BCUT2D eigenvalue weighted by Crippen LogP contribution is 2.26. The van der Waals surface area contributed by atoms with Gasteiger partial charge in [-0.15, -0.1) is 22.7 Å². The average Bonchev–Trinajstić information content (AvgIpc) is 3.41. The zero-order chi connectivity index (χ0) is 18.9. The highest BCUT2D eigenvalue weighted by Gasteiger charge is 2.20. The van der Waals surface area contributed by atoms with Crippen LogP contribution in [0.2, 0.25) is 0 Å². The number of halogens is 1. The van der Waals surface area contributed by atoms with Crippen molar-refractivity contribution in [3.63, 3.8) is 0 Å². The fourth-order valence-electron chi connectivity index (χ4n) is 3.36. The first-order valence-corrected chi connectivity index (χ1v) is 10.8. The van der Waals surface area contributed by atoms with E-state index in [9.17, 15) is 4.39 Å². The number of rotatable bonds is 4. The molecule has 5 rings (SSSR count). The molecular formula is C21H17FN4S2. The first-order valence-electron chi connectivity index (χ1n) is 9.06. The van der Waals surface area contributed by atoms with Gasteiger partial charge < -0.3 is 0 Å². The smallest absolute Gasteiger partial charge is 0.169 e.